The smallest absolute Gasteiger partial charge is 0.168 e. The van der Waals surface area contributed by atoms with E-state index in [0.29, 0.717) is 0 Å². The fourth-order valence-corrected chi connectivity index (χ4v) is 1.65. The largest absolute Gasteiger partial charge is 0.328 e. The molecule has 10 heavy (non-hydrogen) atoms. The van der Waals surface area contributed by atoms with Crippen molar-refractivity contribution in [2.75, 3.05) is 0 Å². The van der Waals surface area contributed by atoms with Gasteiger partial charge in [-0.3, -0.25) is 0 Å². The molecule has 2 aromatic rings. The van der Waals surface area contributed by atoms with Gasteiger partial charge in [-0.05, 0) is 6.42 Å². The number of fused-ring (bicyclic) bond motifs is 1. The van der Waals surface area contributed by atoms with Crippen LogP contribution < -0.4 is 0 Å². The van der Waals surface area contributed by atoms with E-state index in [0.717, 1.165) is 21.9 Å². The van der Waals surface area contributed by atoms with E-state index in [1.54, 1.807) is 17.7 Å². The minimum Gasteiger partial charge on any atom is -0.328 e. The lowest BCUT2D eigenvalue weighted by molar-refractivity contribution is 1.10. The SMILES string of the molecule is CCc1nc2[nH]cnc2s1. The topological polar surface area (TPSA) is 41.6 Å². The van der Waals surface area contributed by atoms with Crippen molar-refractivity contribution in [3.05, 3.63) is 11.3 Å². The van der Waals surface area contributed by atoms with Crippen LogP contribution in [0.25, 0.3) is 10.5 Å². The molecule has 0 saturated heterocycles. The van der Waals surface area contributed by atoms with Crippen LogP contribution in [0.3, 0.4) is 0 Å². The third-order valence-electron chi connectivity index (χ3n) is 1.34. The Bertz CT molecular complexity index is 307. The molecule has 0 spiro atoms. The van der Waals surface area contributed by atoms with Gasteiger partial charge in [-0.1, -0.05) is 18.3 Å². The Kier molecular flexibility index (Phi) is 1.20. The second kappa shape index (κ2) is 2.05. The van der Waals surface area contributed by atoms with Gasteiger partial charge in [0, 0.05) is 0 Å². The van der Waals surface area contributed by atoms with Gasteiger partial charge >= 0.3 is 0 Å². The summed E-state index contributed by atoms with van der Waals surface area (Å²) in [6, 6.07) is 0. The summed E-state index contributed by atoms with van der Waals surface area (Å²) in [6.07, 6.45) is 2.67. The van der Waals surface area contributed by atoms with Crippen molar-refractivity contribution in [3.63, 3.8) is 0 Å². The van der Waals surface area contributed by atoms with Gasteiger partial charge < -0.3 is 4.98 Å². The van der Waals surface area contributed by atoms with Crippen molar-refractivity contribution >= 4 is 21.8 Å². The van der Waals surface area contributed by atoms with Crippen LogP contribution in [0.15, 0.2) is 6.33 Å². The molecule has 2 rings (SSSR count). The molecule has 0 radical (unpaired) electrons. The Labute approximate surface area is 62.1 Å². The highest BCUT2D eigenvalue weighted by Gasteiger charge is 2.01. The molecule has 0 bridgehead atoms. The second-order valence-electron chi connectivity index (χ2n) is 2.02. The molecule has 0 aromatic carbocycles. The van der Waals surface area contributed by atoms with E-state index >= 15 is 0 Å². The van der Waals surface area contributed by atoms with Gasteiger partial charge in [-0.2, -0.15) is 0 Å². The molecule has 0 amide bonds. The van der Waals surface area contributed by atoms with E-state index in [4.69, 9.17) is 0 Å². The van der Waals surface area contributed by atoms with E-state index in [9.17, 15) is 0 Å². The average molecular weight is 153 g/mol. The summed E-state index contributed by atoms with van der Waals surface area (Å²) in [7, 11) is 0. The maximum atomic E-state index is 4.29. The van der Waals surface area contributed by atoms with Crippen molar-refractivity contribution in [2.45, 2.75) is 13.3 Å². The number of rotatable bonds is 1. The van der Waals surface area contributed by atoms with Crippen LogP contribution in [0, 0.1) is 0 Å². The molecule has 52 valence electrons. The third kappa shape index (κ3) is 0.724. The fourth-order valence-electron chi connectivity index (χ4n) is 0.840. The van der Waals surface area contributed by atoms with E-state index in [2.05, 4.69) is 21.9 Å². The molecule has 0 aliphatic heterocycles. The highest BCUT2D eigenvalue weighted by Crippen LogP contribution is 2.17. The van der Waals surface area contributed by atoms with Crippen molar-refractivity contribution in [1.82, 2.24) is 15.0 Å². The number of hydrogen-bond acceptors (Lipinski definition) is 3. The Morgan fingerprint density at radius 2 is 2.60 bits per heavy atom. The lowest BCUT2D eigenvalue weighted by Crippen LogP contribution is -1.74. The zero-order valence-corrected chi connectivity index (χ0v) is 6.40. The standard InChI is InChI=1S/C6H7N3S/c1-2-4-9-5-6(10-4)8-3-7-5/h3H,2H2,1H3,(H,7,8). The first-order valence-corrected chi connectivity index (χ1v) is 4.00. The monoisotopic (exact) mass is 153 g/mol. The Balaban J connectivity index is 2.67. The van der Waals surface area contributed by atoms with Gasteiger partial charge in [0.2, 0.25) is 0 Å². The van der Waals surface area contributed by atoms with Gasteiger partial charge in [-0.25, -0.2) is 9.97 Å². The van der Waals surface area contributed by atoms with E-state index in [1.807, 2.05) is 0 Å². The summed E-state index contributed by atoms with van der Waals surface area (Å²) < 4.78 is 0. The fraction of sp³-hybridized carbons (Fsp3) is 0.333. The molecule has 1 N–H and O–H groups in total. The van der Waals surface area contributed by atoms with Crippen LogP contribution in [-0.4, -0.2) is 15.0 Å². The highest BCUT2D eigenvalue weighted by molar-refractivity contribution is 7.18. The number of imidazole rings is 1. The maximum Gasteiger partial charge on any atom is 0.168 e. The summed E-state index contributed by atoms with van der Waals surface area (Å²) in [5.74, 6) is 0. The van der Waals surface area contributed by atoms with Crippen LogP contribution >= 0.6 is 11.3 Å². The quantitative estimate of drug-likeness (QED) is 0.675. The number of aryl methyl sites for hydroxylation is 1. The Hall–Kier alpha value is -0.900. The maximum absolute atomic E-state index is 4.29. The van der Waals surface area contributed by atoms with Gasteiger partial charge in [0.25, 0.3) is 0 Å². The van der Waals surface area contributed by atoms with Crippen molar-refractivity contribution < 1.29 is 0 Å². The van der Waals surface area contributed by atoms with E-state index < -0.39 is 0 Å². The first kappa shape index (κ1) is 5.85. The van der Waals surface area contributed by atoms with E-state index in [1.165, 1.54) is 0 Å². The molecule has 0 aliphatic carbocycles. The molecular formula is C6H7N3S. The number of aromatic amines is 1. The van der Waals surface area contributed by atoms with Gasteiger partial charge in [0.1, 0.15) is 0 Å². The summed E-state index contributed by atoms with van der Waals surface area (Å²) in [5, 5.41) is 1.15. The van der Waals surface area contributed by atoms with Crippen molar-refractivity contribution in [2.24, 2.45) is 0 Å². The summed E-state index contributed by atoms with van der Waals surface area (Å²) >= 11 is 1.65. The molecule has 0 saturated carbocycles. The van der Waals surface area contributed by atoms with Gasteiger partial charge in [-0.15, -0.1) is 0 Å². The second-order valence-corrected chi connectivity index (χ2v) is 3.08. The third-order valence-corrected chi connectivity index (χ3v) is 2.45. The number of hydrogen-bond donors (Lipinski definition) is 1. The molecule has 0 atom stereocenters. The van der Waals surface area contributed by atoms with Crippen molar-refractivity contribution in [1.29, 1.82) is 0 Å². The van der Waals surface area contributed by atoms with Gasteiger partial charge in [0.05, 0.1) is 11.3 Å². The average Bonchev–Trinajstić information content (AvgIpc) is 2.42. The Morgan fingerprint density at radius 3 is 3.30 bits per heavy atom. The molecule has 3 nitrogen and oxygen atoms in total. The molecule has 0 aliphatic rings. The predicted molar refractivity (Wildman–Crippen MR) is 41.1 cm³/mol. The number of nitrogens with zero attached hydrogens (tertiary/aromatic N) is 2. The first-order chi connectivity index (χ1) is 4.90. The minimum absolute atomic E-state index is 0.918. The first-order valence-electron chi connectivity index (χ1n) is 3.19. The molecule has 2 heterocycles. The number of aromatic nitrogens is 3. The Morgan fingerprint density at radius 1 is 1.70 bits per heavy atom. The molecule has 0 unspecified atom stereocenters. The van der Waals surface area contributed by atoms with Crippen molar-refractivity contribution in [3.8, 4) is 0 Å². The minimum atomic E-state index is 0.918. The zero-order chi connectivity index (χ0) is 6.97. The van der Waals surface area contributed by atoms with E-state index in [-0.39, 0.29) is 0 Å². The molecule has 4 heteroatoms. The van der Waals surface area contributed by atoms with Crippen LogP contribution in [-0.2, 0) is 6.42 Å². The highest BCUT2D eigenvalue weighted by atomic mass is 32.1. The van der Waals surface area contributed by atoms with Gasteiger partial charge in [0.15, 0.2) is 10.5 Å². The zero-order valence-electron chi connectivity index (χ0n) is 5.59. The van der Waals surface area contributed by atoms with Crippen LogP contribution in [0.1, 0.15) is 11.9 Å². The van der Waals surface area contributed by atoms with Crippen LogP contribution in [0.5, 0.6) is 0 Å². The number of thiazole rings is 1. The summed E-state index contributed by atoms with van der Waals surface area (Å²) in [6.45, 7) is 2.09. The number of nitrogens with one attached hydrogen (secondary N) is 1. The lowest BCUT2D eigenvalue weighted by Gasteiger charge is -1.78. The summed E-state index contributed by atoms with van der Waals surface area (Å²) in [4.78, 5) is 12.4. The molecule has 2 aromatic heterocycles. The number of H-pyrrole nitrogens is 1. The molecular weight excluding hydrogens is 146 g/mol. The summed E-state index contributed by atoms with van der Waals surface area (Å²) in [5.41, 5.74) is 0.918. The van der Waals surface area contributed by atoms with Crippen LogP contribution in [0.4, 0.5) is 0 Å². The predicted octanol–water partition coefficient (Wildman–Crippen LogP) is 1.58. The van der Waals surface area contributed by atoms with Crippen LogP contribution in [0.2, 0.25) is 0 Å². The lowest BCUT2D eigenvalue weighted by atomic mass is 10.5. The normalized spacial score (nSPS) is 10.9. The molecule has 0 fully saturated rings.